The quantitative estimate of drug-likeness (QED) is 0.287. The Kier molecular flexibility index (Phi) is 9.63. The highest BCUT2D eigenvalue weighted by atomic mass is 32.2. The molecule has 0 saturated carbocycles. The molecule has 0 bridgehead atoms. The van der Waals surface area contributed by atoms with E-state index in [2.05, 4.69) is 26.3 Å². The Hall–Kier alpha value is -2.76. The zero-order valence-electron chi connectivity index (χ0n) is 20.9. The van der Waals surface area contributed by atoms with Gasteiger partial charge >= 0.3 is 0 Å². The number of anilines is 2. The van der Waals surface area contributed by atoms with Gasteiger partial charge < -0.3 is 26.4 Å². The van der Waals surface area contributed by atoms with Crippen LogP contribution in [0.4, 0.5) is 16.0 Å². The van der Waals surface area contributed by atoms with Gasteiger partial charge in [-0.3, -0.25) is 4.79 Å². The van der Waals surface area contributed by atoms with E-state index in [1.165, 1.54) is 6.07 Å². The summed E-state index contributed by atoms with van der Waals surface area (Å²) in [6, 6.07) is 10.9. The molecule has 1 saturated heterocycles. The predicted molar refractivity (Wildman–Crippen MR) is 140 cm³/mol. The molecule has 5 atom stereocenters. The molecule has 1 aliphatic heterocycles. The number of aliphatic hydroxyl groups is 1. The van der Waals surface area contributed by atoms with Crippen molar-refractivity contribution in [3.8, 4) is 0 Å². The summed E-state index contributed by atoms with van der Waals surface area (Å²) >= 11 is 0. The third kappa shape index (κ3) is 8.14. The second kappa shape index (κ2) is 12.5. The zero-order valence-corrected chi connectivity index (χ0v) is 21.7. The Morgan fingerprint density at radius 2 is 1.94 bits per heavy atom. The maximum Gasteiger partial charge on any atom is 0.251 e. The van der Waals surface area contributed by atoms with E-state index in [-0.39, 0.29) is 23.3 Å². The summed E-state index contributed by atoms with van der Waals surface area (Å²) in [6.45, 7) is 4.42. The van der Waals surface area contributed by atoms with Crippen LogP contribution in [0, 0.1) is 0 Å². The average Bonchev–Trinajstić information content (AvgIpc) is 3.27. The number of nitrogens with one attached hydrogen (secondary N) is 4. The maximum absolute atomic E-state index is 14.4. The molecule has 2 aromatic rings. The van der Waals surface area contributed by atoms with Crippen LogP contribution in [-0.2, 0) is 16.3 Å². The maximum atomic E-state index is 14.4. The summed E-state index contributed by atoms with van der Waals surface area (Å²) in [5.41, 5.74) is 1.12. The summed E-state index contributed by atoms with van der Waals surface area (Å²) in [5.74, 6) is -0.191. The highest BCUT2D eigenvalue weighted by Gasteiger charge is 2.37. The molecule has 0 aliphatic carbocycles. The van der Waals surface area contributed by atoms with E-state index in [0.717, 1.165) is 18.2 Å². The SMILES string of the molecule is CCC(C)Nc1cc(C(=O)NC(Cc2ccccc2)[C@H](O)C2NCC[C@@H]2F)cc(NCS(C)(=O)=O)n1. The van der Waals surface area contributed by atoms with Crippen molar-refractivity contribution < 1.29 is 22.7 Å². The lowest BCUT2D eigenvalue weighted by atomic mass is 9.94. The van der Waals surface area contributed by atoms with Crippen LogP contribution in [0.15, 0.2) is 42.5 Å². The van der Waals surface area contributed by atoms with E-state index in [9.17, 15) is 22.7 Å². The van der Waals surface area contributed by atoms with Gasteiger partial charge in [0.25, 0.3) is 5.91 Å². The third-order valence-corrected chi connectivity index (χ3v) is 6.86. The summed E-state index contributed by atoms with van der Waals surface area (Å²) in [7, 11) is -3.32. The van der Waals surface area contributed by atoms with E-state index < -0.39 is 40.1 Å². The highest BCUT2D eigenvalue weighted by molar-refractivity contribution is 7.90. The van der Waals surface area contributed by atoms with Crippen molar-refractivity contribution in [1.29, 1.82) is 0 Å². The van der Waals surface area contributed by atoms with Gasteiger partial charge in [-0.15, -0.1) is 0 Å². The molecule has 0 spiro atoms. The average molecular weight is 522 g/mol. The van der Waals surface area contributed by atoms with Crippen molar-refractivity contribution in [2.75, 3.05) is 29.3 Å². The van der Waals surface area contributed by atoms with Gasteiger partial charge in [-0.25, -0.2) is 17.8 Å². The van der Waals surface area contributed by atoms with Crippen LogP contribution in [0.1, 0.15) is 42.6 Å². The van der Waals surface area contributed by atoms with Crippen LogP contribution in [0.5, 0.6) is 0 Å². The molecule has 2 heterocycles. The Labute approximate surface area is 212 Å². The number of benzene rings is 1. The van der Waals surface area contributed by atoms with E-state index in [0.29, 0.717) is 25.2 Å². The molecule has 1 aliphatic rings. The van der Waals surface area contributed by atoms with Crippen molar-refractivity contribution in [3.63, 3.8) is 0 Å². The van der Waals surface area contributed by atoms with Gasteiger partial charge in [0.2, 0.25) is 0 Å². The van der Waals surface area contributed by atoms with Gasteiger partial charge in [0, 0.05) is 17.9 Å². The normalized spacial score (nSPS) is 20.4. The second-order valence-corrected chi connectivity index (χ2v) is 11.5. The van der Waals surface area contributed by atoms with E-state index in [1.54, 1.807) is 6.07 Å². The van der Waals surface area contributed by atoms with E-state index >= 15 is 0 Å². The standard InChI is InChI=1S/C25H36FN5O4S/c1-4-16(2)29-22-14-18(13-21(31-22)28-15-36(3,34)35)25(33)30-20(12-17-8-6-5-7-9-17)24(32)23-19(26)10-11-27-23/h5-9,13-14,16,19-20,23-24,27,32H,4,10-12,15H2,1-3H3,(H,30,33)(H2,28,29,31)/t16?,19-,20?,23?,24-/m0/s1. The molecule has 9 nitrogen and oxygen atoms in total. The molecule has 1 amide bonds. The van der Waals surface area contributed by atoms with E-state index in [4.69, 9.17) is 0 Å². The molecule has 36 heavy (non-hydrogen) atoms. The number of carbonyl (C=O) groups excluding carboxylic acids is 1. The van der Waals surface area contributed by atoms with Gasteiger partial charge in [0.1, 0.15) is 23.7 Å². The molecule has 3 rings (SSSR count). The Bertz CT molecular complexity index is 1120. The third-order valence-electron chi connectivity index (χ3n) is 6.19. The van der Waals surface area contributed by atoms with Crippen LogP contribution in [0.2, 0.25) is 0 Å². The van der Waals surface area contributed by atoms with Crippen molar-refractivity contribution in [2.45, 2.75) is 63.5 Å². The number of aliphatic hydroxyl groups excluding tert-OH is 1. The predicted octanol–water partition coefficient (Wildman–Crippen LogP) is 2.11. The number of alkyl halides is 1. The molecular formula is C25H36FN5O4S. The number of hydrogen-bond acceptors (Lipinski definition) is 8. The highest BCUT2D eigenvalue weighted by Crippen LogP contribution is 2.21. The minimum atomic E-state index is -3.32. The number of aromatic nitrogens is 1. The summed E-state index contributed by atoms with van der Waals surface area (Å²) in [6.07, 6.45) is 0.149. The fraction of sp³-hybridized carbons (Fsp3) is 0.520. The molecule has 5 N–H and O–H groups in total. The lowest BCUT2D eigenvalue weighted by Crippen LogP contribution is -2.54. The topological polar surface area (TPSA) is 132 Å². The van der Waals surface area contributed by atoms with Gasteiger partial charge in [-0.05, 0) is 50.4 Å². The summed E-state index contributed by atoms with van der Waals surface area (Å²) in [5, 5.41) is 22.9. The van der Waals surface area contributed by atoms with Crippen molar-refractivity contribution in [3.05, 3.63) is 53.6 Å². The van der Waals surface area contributed by atoms with E-state index in [1.807, 2.05) is 44.2 Å². The first-order valence-electron chi connectivity index (χ1n) is 12.2. The van der Waals surface area contributed by atoms with Gasteiger partial charge in [0.15, 0.2) is 9.84 Å². The Morgan fingerprint density at radius 3 is 2.56 bits per heavy atom. The van der Waals surface area contributed by atoms with Gasteiger partial charge in [0.05, 0.1) is 18.2 Å². The first-order valence-corrected chi connectivity index (χ1v) is 14.2. The van der Waals surface area contributed by atoms with Crippen LogP contribution in [-0.4, -0.2) is 73.5 Å². The largest absolute Gasteiger partial charge is 0.389 e. The molecule has 0 radical (unpaired) electrons. The number of carbonyl (C=O) groups is 1. The minimum absolute atomic E-state index is 0.0705. The smallest absolute Gasteiger partial charge is 0.251 e. The Balaban J connectivity index is 1.87. The number of nitrogens with zero attached hydrogens (tertiary/aromatic N) is 1. The minimum Gasteiger partial charge on any atom is -0.389 e. The Morgan fingerprint density at radius 1 is 1.25 bits per heavy atom. The lowest BCUT2D eigenvalue weighted by Gasteiger charge is -2.30. The van der Waals surface area contributed by atoms with Crippen molar-refractivity contribution in [1.82, 2.24) is 15.6 Å². The number of rotatable bonds is 12. The van der Waals surface area contributed by atoms with Crippen LogP contribution >= 0.6 is 0 Å². The van der Waals surface area contributed by atoms with Gasteiger partial charge in [-0.1, -0.05) is 37.3 Å². The molecular weight excluding hydrogens is 485 g/mol. The fourth-order valence-corrected chi connectivity index (χ4v) is 4.45. The molecule has 3 unspecified atom stereocenters. The first kappa shape index (κ1) is 27.8. The molecule has 1 aromatic heterocycles. The molecule has 198 valence electrons. The van der Waals surface area contributed by atoms with Crippen LogP contribution < -0.4 is 21.3 Å². The number of hydrogen-bond donors (Lipinski definition) is 5. The second-order valence-electron chi connectivity index (χ2n) is 9.37. The monoisotopic (exact) mass is 521 g/mol. The number of halogens is 1. The van der Waals surface area contributed by atoms with Crippen LogP contribution in [0.3, 0.4) is 0 Å². The molecule has 1 fully saturated rings. The summed E-state index contributed by atoms with van der Waals surface area (Å²) in [4.78, 5) is 17.8. The molecule has 11 heteroatoms. The number of amides is 1. The first-order chi connectivity index (χ1) is 17.1. The van der Waals surface area contributed by atoms with Crippen molar-refractivity contribution in [2.24, 2.45) is 0 Å². The number of pyridine rings is 1. The fourth-order valence-electron chi connectivity index (χ4n) is 4.04. The lowest BCUT2D eigenvalue weighted by molar-refractivity contribution is 0.0593. The molecule has 1 aromatic carbocycles. The van der Waals surface area contributed by atoms with Crippen molar-refractivity contribution >= 4 is 27.4 Å². The number of sulfone groups is 1. The summed E-state index contributed by atoms with van der Waals surface area (Å²) < 4.78 is 37.7. The van der Waals surface area contributed by atoms with Gasteiger partial charge in [-0.2, -0.15) is 0 Å². The zero-order chi connectivity index (χ0) is 26.3. The van der Waals surface area contributed by atoms with Crippen LogP contribution in [0.25, 0.3) is 0 Å².